The molecule has 0 aromatic rings. The van der Waals surface area contributed by atoms with E-state index in [4.69, 9.17) is 4.74 Å². The minimum Gasteiger partial charge on any atom is -0.451 e. The molecule has 0 N–H and O–H groups in total. The van der Waals surface area contributed by atoms with E-state index < -0.39 is 0 Å². The SMILES string of the molecule is C=C(C)C(=O)OC1(C)C(C)CC2CC(CC)CP1C2. The predicted octanol–water partition coefficient (Wildman–Crippen LogP) is 4.39. The van der Waals surface area contributed by atoms with Crippen LogP contribution < -0.4 is 0 Å². The lowest BCUT2D eigenvalue weighted by Gasteiger charge is -2.52. The van der Waals surface area contributed by atoms with Gasteiger partial charge in [-0.25, -0.2) is 4.79 Å². The van der Waals surface area contributed by atoms with Crippen molar-refractivity contribution in [1.82, 2.24) is 0 Å². The zero-order valence-corrected chi connectivity index (χ0v) is 13.6. The summed E-state index contributed by atoms with van der Waals surface area (Å²) < 4.78 is 5.92. The van der Waals surface area contributed by atoms with Crippen LogP contribution in [0.25, 0.3) is 0 Å². The monoisotopic (exact) mass is 282 g/mol. The first-order valence-corrected chi connectivity index (χ1v) is 9.21. The van der Waals surface area contributed by atoms with Gasteiger partial charge in [0.05, 0.1) is 0 Å². The van der Waals surface area contributed by atoms with Gasteiger partial charge in [-0.3, -0.25) is 0 Å². The van der Waals surface area contributed by atoms with Gasteiger partial charge in [-0.05, 0) is 56.8 Å². The van der Waals surface area contributed by atoms with Crippen molar-refractivity contribution in [2.45, 2.75) is 52.3 Å². The molecule has 2 fully saturated rings. The van der Waals surface area contributed by atoms with E-state index in [0.717, 1.165) is 11.8 Å². The predicted molar refractivity (Wildman–Crippen MR) is 81.6 cm³/mol. The first-order valence-electron chi connectivity index (χ1n) is 7.50. The fraction of sp³-hybridized carbons (Fsp3) is 0.812. The number of hydrogen-bond donors (Lipinski definition) is 0. The van der Waals surface area contributed by atoms with Crippen LogP contribution in [0, 0.1) is 17.8 Å². The Morgan fingerprint density at radius 3 is 2.68 bits per heavy atom. The van der Waals surface area contributed by atoms with Crippen LogP contribution in [0.1, 0.15) is 47.0 Å². The van der Waals surface area contributed by atoms with Gasteiger partial charge in [0.2, 0.25) is 0 Å². The summed E-state index contributed by atoms with van der Waals surface area (Å²) in [7, 11) is -0.193. The Bertz CT molecular complexity index is 377. The molecule has 0 saturated carbocycles. The molecule has 0 aromatic carbocycles. The summed E-state index contributed by atoms with van der Waals surface area (Å²) in [6.45, 7) is 12.2. The van der Waals surface area contributed by atoms with Crippen molar-refractivity contribution in [3.8, 4) is 0 Å². The highest BCUT2D eigenvalue weighted by atomic mass is 31.1. The lowest BCUT2D eigenvalue weighted by atomic mass is 9.85. The maximum atomic E-state index is 12.0. The third-order valence-electron chi connectivity index (χ3n) is 5.08. The maximum Gasteiger partial charge on any atom is 0.334 e. The molecular formula is C16H27O2P. The normalized spacial score (nSPS) is 41.7. The van der Waals surface area contributed by atoms with Gasteiger partial charge < -0.3 is 4.74 Å². The number of carbonyl (C=O) groups excluding carboxylic acids is 1. The van der Waals surface area contributed by atoms with Crippen LogP contribution in [-0.4, -0.2) is 23.6 Å². The topological polar surface area (TPSA) is 26.3 Å². The molecule has 2 aliphatic rings. The van der Waals surface area contributed by atoms with Crippen molar-refractivity contribution in [2.24, 2.45) is 17.8 Å². The quantitative estimate of drug-likeness (QED) is 0.436. The Morgan fingerprint density at radius 1 is 1.42 bits per heavy atom. The molecule has 2 nitrogen and oxygen atoms in total. The van der Waals surface area contributed by atoms with E-state index in [-0.39, 0.29) is 19.2 Å². The molecule has 0 aliphatic carbocycles. The molecule has 0 amide bonds. The Balaban J connectivity index is 2.17. The first kappa shape index (κ1) is 15.0. The van der Waals surface area contributed by atoms with Crippen LogP contribution in [-0.2, 0) is 9.53 Å². The number of esters is 1. The lowest BCUT2D eigenvalue weighted by molar-refractivity contribution is -0.150. The van der Waals surface area contributed by atoms with Crippen LogP contribution in [0.4, 0.5) is 0 Å². The molecule has 5 unspecified atom stereocenters. The minimum absolute atomic E-state index is 0.193. The van der Waals surface area contributed by atoms with Gasteiger partial charge >= 0.3 is 5.97 Å². The lowest BCUT2D eigenvalue weighted by Crippen LogP contribution is -2.46. The highest BCUT2D eigenvalue weighted by Gasteiger charge is 2.50. The highest BCUT2D eigenvalue weighted by molar-refractivity contribution is 7.59. The van der Waals surface area contributed by atoms with Gasteiger partial charge in [-0.15, -0.1) is 0 Å². The Hall–Kier alpha value is -0.360. The molecular weight excluding hydrogens is 255 g/mol. The highest BCUT2D eigenvalue weighted by Crippen LogP contribution is 2.64. The van der Waals surface area contributed by atoms with Crippen LogP contribution in [0.5, 0.6) is 0 Å². The smallest absolute Gasteiger partial charge is 0.334 e. The van der Waals surface area contributed by atoms with Crippen LogP contribution in [0.2, 0.25) is 0 Å². The first-order chi connectivity index (χ1) is 8.86. The minimum atomic E-state index is -0.226. The Morgan fingerprint density at radius 2 is 2.11 bits per heavy atom. The number of carbonyl (C=O) groups is 1. The molecule has 2 bridgehead atoms. The standard InChI is InChI=1S/C16H27O2P/c1-6-13-8-14-7-12(4)16(5,19(9-13)10-14)18-15(17)11(2)3/h12-14H,2,6-10H2,1,3-5H3. The van der Waals surface area contributed by atoms with E-state index in [1.807, 2.05) is 0 Å². The van der Waals surface area contributed by atoms with Crippen molar-refractivity contribution in [3.05, 3.63) is 12.2 Å². The van der Waals surface area contributed by atoms with Crippen LogP contribution in [0.3, 0.4) is 0 Å². The molecule has 108 valence electrons. The summed E-state index contributed by atoms with van der Waals surface area (Å²) in [4.78, 5) is 12.0. The van der Waals surface area contributed by atoms with Crippen molar-refractivity contribution in [1.29, 1.82) is 0 Å². The van der Waals surface area contributed by atoms with Crippen molar-refractivity contribution in [2.75, 3.05) is 12.3 Å². The second-order valence-electron chi connectivity index (χ2n) is 6.64. The summed E-state index contributed by atoms with van der Waals surface area (Å²) in [6.07, 6.45) is 6.47. The molecule has 2 rings (SSSR count). The van der Waals surface area contributed by atoms with E-state index in [1.54, 1.807) is 6.92 Å². The number of rotatable bonds is 3. The molecule has 3 heteroatoms. The van der Waals surface area contributed by atoms with E-state index in [2.05, 4.69) is 27.4 Å². The molecule has 2 aliphatic heterocycles. The van der Waals surface area contributed by atoms with E-state index >= 15 is 0 Å². The van der Waals surface area contributed by atoms with Gasteiger partial charge in [-0.2, -0.15) is 0 Å². The Kier molecular flexibility index (Phi) is 4.40. The van der Waals surface area contributed by atoms with E-state index in [9.17, 15) is 4.79 Å². The fourth-order valence-corrected chi connectivity index (χ4v) is 7.38. The number of fused-ring (bicyclic) bond motifs is 2. The molecule has 2 heterocycles. The summed E-state index contributed by atoms with van der Waals surface area (Å²) in [5.41, 5.74) is 0.523. The van der Waals surface area contributed by atoms with Crippen molar-refractivity contribution >= 4 is 13.9 Å². The van der Waals surface area contributed by atoms with Gasteiger partial charge in [0.25, 0.3) is 0 Å². The zero-order chi connectivity index (χ0) is 14.2. The van der Waals surface area contributed by atoms with Crippen molar-refractivity contribution < 1.29 is 9.53 Å². The fourth-order valence-electron chi connectivity index (χ4n) is 3.62. The summed E-state index contributed by atoms with van der Waals surface area (Å²) in [5.74, 6) is 2.00. The third-order valence-corrected chi connectivity index (χ3v) is 8.78. The second kappa shape index (κ2) is 5.56. The average Bonchev–Trinajstić information content (AvgIpc) is 2.36. The molecule has 2 saturated heterocycles. The van der Waals surface area contributed by atoms with Crippen LogP contribution >= 0.6 is 7.92 Å². The Labute approximate surface area is 118 Å². The summed E-state index contributed by atoms with van der Waals surface area (Å²) in [6, 6.07) is 0. The maximum absolute atomic E-state index is 12.0. The summed E-state index contributed by atoms with van der Waals surface area (Å²) in [5, 5.41) is -0.226. The molecule has 19 heavy (non-hydrogen) atoms. The third kappa shape index (κ3) is 2.89. The molecule has 0 spiro atoms. The zero-order valence-electron chi connectivity index (χ0n) is 12.7. The van der Waals surface area contributed by atoms with Crippen molar-refractivity contribution in [3.63, 3.8) is 0 Å². The number of hydrogen-bond acceptors (Lipinski definition) is 2. The van der Waals surface area contributed by atoms with E-state index in [0.29, 0.717) is 11.5 Å². The van der Waals surface area contributed by atoms with E-state index in [1.165, 1.54) is 31.6 Å². The number of ether oxygens (including phenoxy) is 1. The average molecular weight is 282 g/mol. The van der Waals surface area contributed by atoms with Gasteiger partial charge in [-0.1, -0.05) is 34.8 Å². The molecule has 0 aromatic heterocycles. The van der Waals surface area contributed by atoms with Gasteiger partial charge in [0, 0.05) is 5.57 Å². The molecule has 0 radical (unpaired) electrons. The second-order valence-corrected chi connectivity index (χ2v) is 9.34. The largest absolute Gasteiger partial charge is 0.451 e. The van der Waals surface area contributed by atoms with Crippen LogP contribution in [0.15, 0.2) is 12.2 Å². The molecule has 5 atom stereocenters. The van der Waals surface area contributed by atoms with Gasteiger partial charge in [0.1, 0.15) is 5.34 Å². The van der Waals surface area contributed by atoms with Gasteiger partial charge in [0.15, 0.2) is 0 Å². The summed E-state index contributed by atoms with van der Waals surface area (Å²) >= 11 is 0.